The summed E-state index contributed by atoms with van der Waals surface area (Å²) in [4.78, 5) is 23.7. The average molecular weight is 342 g/mol. The van der Waals surface area contributed by atoms with Gasteiger partial charge >= 0.3 is 5.97 Å². The summed E-state index contributed by atoms with van der Waals surface area (Å²) in [5.74, 6) is -1.02. The van der Waals surface area contributed by atoms with Crippen LogP contribution in [-0.2, 0) is 17.8 Å². The zero-order valence-corrected chi connectivity index (χ0v) is 13.9. The second kappa shape index (κ2) is 6.49. The second-order valence-electron chi connectivity index (χ2n) is 5.79. The van der Waals surface area contributed by atoms with Crippen LogP contribution in [0.3, 0.4) is 0 Å². The minimum absolute atomic E-state index is 0.230. The average Bonchev–Trinajstić information content (AvgIpc) is 2.53. The summed E-state index contributed by atoms with van der Waals surface area (Å²) < 4.78 is 1.88. The van der Waals surface area contributed by atoms with Gasteiger partial charge in [0, 0.05) is 28.7 Å². The van der Waals surface area contributed by atoms with Crippen molar-refractivity contribution in [2.45, 2.75) is 19.9 Å². The number of rotatable bonds is 4. The molecular formula is C19H16ClNO3. The van der Waals surface area contributed by atoms with Crippen LogP contribution in [0.1, 0.15) is 16.7 Å². The van der Waals surface area contributed by atoms with Crippen molar-refractivity contribution in [1.82, 2.24) is 4.57 Å². The lowest BCUT2D eigenvalue weighted by Crippen LogP contribution is -2.18. The Morgan fingerprint density at radius 3 is 2.62 bits per heavy atom. The monoisotopic (exact) mass is 341 g/mol. The van der Waals surface area contributed by atoms with E-state index in [1.165, 1.54) is 0 Å². The Morgan fingerprint density at radius 2 is 1.92 bits per heavy atom. The highest BCUT2D eigenvalue weighted by molar-refractivity contribution is 6.31. The smallest absolute Gasteiger partial charge is 0.308 e. The van der Waals surface area contributed by atoms with Crippen molar-refractivity contribution in [2.24, 2.45) is 0 Å². The molecule has 3 rings (SSSR count). The number of benzene rings is 2. The number of pyridine rings is 1. The maximum absolute atomic E-state index is 12.6. The highest BCUT2D eigenvalue weighted by atomic mass is 35.5. The molecule has 24 heavy (non-hydrogen) atoms. The zero-order chi connectivity index (χ0) is 17.3. The first-order valence-electron chi connectivity index (χ1n) is 7.53. The van der Waals surface area contributed by atoms with Crippen molar-refractivity contribution in [1.29, 1.82) is 0 Å². The number of aryl methyl sites for hydroxylation is 1. The number of carboxylic acids is 1. The Balaban J connectivity index is 2.22. The van der Waals surface area contributed by atoms with Crippen molar-refractivity contribution < 1.29 is 9.90 Å². The summed E-state index contributed by atoms with van der Waals surface area (Å²) in [5, 5.41) is 10.2. The molecule has 0 saturated heterocycles. The molecular weight excluding hydrogens is 326 g/mol. The fourth-order valence-corrected chi connectivity index (χ4v) is 3.00. The number of aromatic nitrogens is 1. The van der Waals surface area contributed by atoms with Crippen LogP contribution < -0.4 is 5.43 Å². The van der Waals surface area contributed by atoms with Gasteiger partial charge in [0.1, 0.15) is 0 Å². The Hall–Kier alpha value is -2.59. The first kappa shape index (κ1) is 16.3. The Kier molecular flexibility index (Phi) is 4.40. The minimum atomic E-state index is -1.02. The molecule has 0 aliphatic heterocycles. The van der Waals surface area contributed by atoms with Gasteiger partial charge in [-0.05, 0) is 30.7 Å². The van der Waals surface area contributed by atoms with Crippen molar-refractivity contribution in [3.05, 3.63) is 80.6 Å². The molecule has 0 spiro atoms. The van der Waals surface area contributed by atoms with Crippen LogP contribution in [0.25, 0.3) is 10.9 Å². The van der Waals surface area contributed by atoms with Gasteiger partial charge in [0.25, 0.3) is 0 Å². The number of halogens is 1. The molecule has 1 aromatic heterocycles. The maximum Gasteiger partial charge on any atom is 0.308 e. The summed E-state index contributed by atoms with van der Waals surface area (Å²) in [7, 11) is 0. The maximum atomic E-state index is 12.6. The van der Waals surface area contributed by atoms with Gasteiger partial charge in [0.15, 0.2) is 5.43 Å². The van der Waals surface area contributed by atoms with Crippen LogP contribution in [0.15, 0.2) is 53.5 Å². The normalized spacial score (nSPS) is 10.9. The van der Waals surface area contributed by atoms with E-state index in [1.807, 2.05) is 47.9 Å². The van der Waals surface area contributed by atoms with E-state index in [0.717, 1.165) is 16.6 Å². The lowest BCUT2D eigenvalue weighted by atomic mass is 10.1. The highest BCUT2D eigenvalue weighted by Gasteiger charge is 2.13. The summed E-state index contributed by atoms with van der Waals surface area (Å²) in [6.07, 6.45) is 1.32. The van der Waals surface area contributed by atoms with Gasteiger partial charge in [-0.2, -0.15) is 0 Å². The molecule has 0 saturated carbocycles. The van der Waals surface area contributed by atoms with E-state index < -0.39 is 5.97 Å². The molecule has 3 aromatic rings. The first-order valence-corrected chi connectivity index (χ1v) is 7.91. The molecule has 0 aliphatic carbocycles. The van der Waals surface area contributed by atoms with Gasteiger partial charge in [-0.3, -0.25) is 9.59 Å². The van der Waals surface area contributed by atoms with E-state index in [9.17, 15) is 9.59 Å². The lowest BCUT2D eigenvalue weighted by molar-refractivity contribution is -0.136. The summed E-state index contributed by atoms with van der Waals surface area (Å²) >= 11 is 6.24. The predicted octanol–water partition coefficient (Wildman–Crippen LogP) is 3.64. The number of nitrogens with zero attached hydrogens (tertiary/aromatic N) is 1. The van der Waals surface area contributed by atoms with Crippen LogP contribution in [-0.4, -0.2) is 15.6 Å². The third-order valence-electron chi connectivity index (χ3n) is 3.95. The Morgan fingerprint density at radius 1 is 1.17 bits per heavy atom. The first-order chi connectivity index (χ1) is 11.5. The summed E-state index contributed by atoms with van der Waals surface area (Å²) in [6, 6.07) is 13.1. The molecule has 0 bridgehead atoms. The minimum Gasteiger partial charge on any atom is -0.481 e. The van der Waals surface area contributed by atoms with E-state index in [-0.39, 0.29) is 17.4 Å². The van der Waals surface area contributed by atoms with E-state index in [1.54, 1.807) is 12.3 Å². The van der Waals surface area contributed by atoms with E-state index >= 15 is 0 Å². The molecule has 4 nitrogen and oxygen atoms in total. The number of carbonyl (C=O) groups is 1. The molecule has 0 fully saturated rings. The quantitative estimate of drug-likeness (QED) is 0.788. The number of aliphatic carboxylic acids is 1. The molecule has 0 aliphatic rings. The highest BCUT2D eigenvalue weighted by Crippen LogP contribution is 2.20. The van der Waals surface area contributed by atoms with Gasteiger partial charge in [-0.1, -0.05) is 41.4 Å². The van der Waals surface area contributed by atoms with Crippen LogP contribution in [0.4, 0.5) is 0 Å². The fourth-order valence-electron chi connectivity index (χ4n) is 2.80. The Bertz CT molecular complexity index is 992. The van der Waals surface area contributed by atoms with Gasteiger partial charge < -0.3 is 9.67 Å². The standard InChI is InChI=1S/C19H16ClNO3/c1-12-6-7-17-15(8-12)19(24)14(9-18(22)23)11-21(17)10-13-4-2-3-5-16(13)20/h2-8,11H,9-10H2,1H3,(H,22,23). The third kappa shape index (κ3) is 3.19. The van der Waals surface area contributed by atoms with Crippen LogP contribution in [0.5, 0.6) is 0 Å². The van der Waals surface area contributed by atoms with Crippen molar-refractivity contribution >= 4 is 28.5 Å². The summed E-state index contributed by atoms with van der Waals surface area (Å²) in [6.45, 7) is 2.37. The molecule has 122 valence electrons. The number of carboxylic acid groups (broad SMARTS) is 1. The van der Waals surface area contributed by atoms with E-state index in [4.69, 9.17) is 16.7 Å². The van der Waals surface area contributed by atoms with Crippen molar-refractivity contribution in [3.63, 3.8) is 0 Å². The molecule has 0 unspecified atom stereocenters. The van der Waals surface area contributed by atoms with Gasteiger partial charge in [0.05, 0.1) is 11.9 Å². The number of hydrogen-bond donors (Lipinski definition) is 1. The van der Waals surface area contributed by atoms with Crippen molar-refractivity contribution in [3.8, 4) is 0 Å². The van der Waals surface area contributed by atoms with E-state index in [0.29, 0.717) is 17.0 Å². The van der Waals surface area contributed by atoms with Crippen LogP contribution in [0, 0.1) is 6.92 Å². The second-order valence-corrected chi connectivity index (χ2v) is 6.20. The molecule has 0 amide bonds. The van der Waals surface area contributed by atoms with Gasteiger partial charge in [-0.25, -0.2) is 0 Å². The lowest BCUT2D eigenvalue weighted by Gasteiger charge is -2.14. The van der Waals surface area contributed by atoms with E-state index in [2.05, 4.69) is 0 Å². The molecule has 0 radical (unpaired) electrons. The van der Waals surface area contributed by atoms with Crippen LogP contribution in [0.2, 0.25) is 5.02 Å². The Labute approximate surface area is 143 Å². The van der Waals surface area contributed by atoms with Crippen molar-refractivity contribution in [2.75, 3.05) is 0 Å². The molecule has 0 atom stereocenters. The number of hydrogen-bond acceptors (Lipinski definition) is 2. The third-order valence-corrected chi connectivity index (χ3v) is 4.32. The fraction of sp³-hybridized carbons (Fsp3) is 0.158. The van der Waals surface area contributed by atoms with Gasteiger partial charge in [-0.15, -0.1) is 0 Å². The molecule has 2 aromatic carbocycles. The number of fused-ring (bicyclic) bond motifs is 1. The molecule has 1 heterocycles. The topological polar surface area (TPSA) is 59.3 Å². The largest absolute Gasteiger partial charge is 0.481 e. The molecule has 1 N–H and O–H groups in total. The zero-order valence-electron chi connectivity index (χ0n) is 13.1. The molecule has 5 heteroatoms. The van der Waals surface area contributed by atoms with Gasteiger partial charge in [0.2, 0.25) is 0 Å². The summed E-state index contributed by atoms with van der Waals surface area (Å²) in [5.41, 5.74) is 2.67. The van der Waals surface area contributed by atoms with Crippen LogP contribution >= 0.6 is 11.6 Å². The predicted molar refractivity (Wildman–Crippen MR) is 94.8 cm³/mol. The SMILES string of the molecule is Cc1ccc2c(c1)c(=O)c(CC(=O)O)cn2Cc1ccccc1Cl.